The largest absolute Gasteiger partial charge is 0.480 e. The van der Waals surface area contributed by atoms with Crippen LogP contribution in [0.3, 0.4) is 0 Å². The molecule has 0 aromatic heterocycles. The molecule has 0 saturated heterocycles. The van der Waals surface area contributed by atoms with E-state index in [4.69, 9.17) is 16.2 Å². The van der Waals surface area contributed by atoms with Gasteiger partial charge in [-0.2, -0.15) is 0 Å². The third-order valence-corrected chi connectivity index (χ3v) is 4.82. The molecule has 0 aliphatic carbocycles. The molecule has 188 valence electrons. The van der Waals surface area contributed by atoms with Gasteiger partial charge in [-0.1, -0.05) is 32.6 Å². The minimum atomic E-state index is -1.11. The standard InChI is InChI=1S/C22H35N7O5/c1-3-4-5-6-7-8-18(30)28-15-9-14(10-16(11-15)29-22(23)24)20(32)27-13-19(31)26-12-17(25-2)21(33)34/h9-11,17,25H,3-8,12-13H2,1-2H3,(H,26,31)(H,27,32)(H,28,30)(H,33,34)(H4,23,24,29). The number of carboxylic acids is 1. The van der Waals surface area contributed by atoms with Gasteiger partial charge in [0.15, 0.2) is 5.96 Å². The summed E-state index contributed by atoms with van der Waals surface area (Å²) in [5.74, 6) is -2.81. The number of amides is 3. The van der Waals surface area contributed by atoms with Gasteiger partial charge >= 0.3 is 5.97 Å². The maximum atomic E-state index is 12.6. The number of guanidine groups is 1. The van der Waals surface area contributed by atoms with E-state index in [1.54, 1.807) is 6.07 Å². The predicted octanol–water partition coefficient (Wildman–Crippen LogP) is 0.810. The molecule has 3 amide bonds. The molecule has 12 nitrogen and oxygen atoms in total. The molecule has 1 atom stereocenters. The molecule has 0 radical (unpaired) electrons. The number of aliphatic carboxylic acids is 1. The fraction of sp³-hybridized carbons (Fsp3) is 0.500. The van der Waals surface area contributed by atoms with E-state index in [1.807, 2.05) is 0 Å². The van der Waals surface area contributed by atoms with Gasteiger partial charge in [0.05, 0.1) is 6.54 Å². The van der Waals surface area contributed by atoms with E-state index in [0.29, 0.717) is 17.8 Å². The summed E-state index contributed by atoms with van der Waals surface area (Å²) in [6.07, 6.45) is 5.39. The highest BCUT2D eigenvalue weighted by atomic mass is 16.4. The summed E-state index contributed by atoms with van der Waals surface area (Å²) in [5, 5.41) is 29.1. The zero-order valence-electron chi connectivity index (χ0n) is 19.6. The summed E-state index contributed by atoms with van der Waals surface area (Å²) in [6, 6.07) is 3.47. The summed E-state index contributed by atoms with van der Waals surface area (Å²) >= 11 is 0. The van der Waals surface area contributed by atoms with Gasteiger partial charge in [0.2, 0.25) is 11.8 Å². The van der Waals surface area contributed by atoms with Crippen molar-refractivity contribution in [2.75, 3.05) is 30.8 Å². The van der Waals surface area contributed by atoms with Crippen LogP contribution in [0.1, 0.15) is 55.8 Å². The Kier molecular flexibility index (Phi) is 12.7. The number of rotatable bonds is 15. The topological polar surface area (TPSA) is 199 Å². The molecule has 0 spiro atoms. The normalized spacial score (nSPS) is 11.2. The van der Waals surface area contributed by atoms with Crippen molar-refractivity contribution in [1.29, 1.82) is 5.41 Å². The lowest BCUT2D eigenvalue weighted by Gasteiger charge is -2.14. The third-order valence-electron chi connectivity index (χ3n) is 4.82. The van der Waals surface area contributed by atoms with Gasteiger partial charge in [0.25, 0.3) is 5.91 Å². The first-order chi connectivity index (χ1) is 16.2. The van der Waals surface area contributed by atoms with Gasteiger partial charge in [-0.05, 0) is 31.7 Å². The molecular weight excluding hydrogens is 442 g/mol. The molecule has 1 rings (SSSR count). The quantitative estimate of drug-likeness (QED) is 0.103. The monoisotopic (exact) mass is 477 g/mol. The Bertz CT molecular complexity index is 875. The lowest BCUT2D eigenvalue weighted by Crippen LogP contribution is -2.46. The lowest BCUT2D eigenvalue weighted by atomic mass is 10.1. The summed E-state index contributed by atoms with van der Waals surface area (Å²) in [7, 11) is 1.46. The van der Waals surface area contributed by atoms with E-state index in [2.05, 4.69) is 33.5 Å². The van der Waals surface area contributed by atoms with Crippen molar-refractivity contribution in [2.24, 2.45) is 5.73 Å². The van der Waals surface area contributed by atoms with Crippen LogP contribution in [-0.2, 0) is 14.4 Å². The minimum Gasteiger partial charge on any atom is -0.480 e. The number of carbonyl (C=O) groups is 4. The van der Waals surface area contributed by atoms with Gasteiger partial charge in [0.1, 0.15) is 6.04 Å². The molecule has 34 heavy (non-hydrogen) atoms. The highest BCUT2D eigenvalue weighted by molar-refractivity contribution is 6.01. The number of hydrogen-bond acceptors (Lipinski definition) is 6. The van der Waals surface area contributed by atoms with E-state index >= 15 is 0 Å². The maximum absolute atomic E-state index is 12.6. The second-order valence-electron chi connectivity index (χ2n) is 7.72. The average molecular weight is 478 g/mol. The van der Waals surface area contributed by atoms with Crippen molar-refractivity contribution in [2.45, 2.75) is 51.5 Å². The third kappa shape index (κ3) is 11.3. The second-order valence-corrected chi connectivity index (χ2v) is 7.72. The van der Waals surface area contributed by atoms with Crippen LogP contribution in [0.2, 0.25) is 0 Å². The molecule has 0 aliphatic heterocycles. The van der Waals surface area contributed by atoms with E-state index < -0.39 is 23.8 Å². The average Bonchev–Trinajstić information content (AvgIpc) is 2.76. The van der Waals surface area contributed by atoms with Gasteiger partial charge in [0, 0.05) is 29.9 Å². The molecule has 1 aromatic rings. The molecule has 0 bridgehead atoms. The molecule has 0 fully saturated rings. The number of hydrogen-bond donors (Lipinski definition) is 8. The number of nitrogens with two attached hydrogens (primary N) is 1. The number of anilines is 2. The second kappa shape index (κ2) is 15.2. The Morgan fingerprint density at radius 2 is 1.62 bits per heavy atom. The van der Waals surface area contributed by atoms with E-state index in [-0.39, 0.29) is 30.5 Å². The lowest BCUT2D eigenvalue weighted by molar-refractivity contribution is -0.139. The predicted molar refractivity (Wildman–Crippen MR) is 130 cm³/mol. The summed E-state index contributed by atoms with van der Waals surface area (Å²) < 4.78 is 0. The van der Waals surface area contributed by atoms with Crippen LogP contribution in [0.15, 0.2) is 18.2 Å². The molecule has 0 saturated carbocycles. The zero-order valence-corrected chi connectivity index (χ0v) is 19.6. The van der Waals surface area contributed by atoms with Crippen LogP contribution >= 0.6 is 0 Å². The van der Waals surface area contributed by atoms with Crippen LogP contribution in [0.5, 0.6) is 0 Å². The van der Waals surface area contributed by atoms with Gasteiger partial charge in [-0.3, -0.25) is 24.6 Å². The van der Waals surface area contributed by atoms with Crippen LogP contribution in [0, 0.1) is 5.41 Å². The van der Waals surface area contributed by atoms with E-state index in [9.17, 15) is 19.2 Å². The SMILES string of the molecule is CCCCCCCC(=O)Nc1cc(NC(=N)N)cc(C(=O)NCC(=O)NCC(NC)C(=O)O)c1. The first-order valence-corrected chi connectivity index (χ1v) is 11.2. The first kappa shape index (κ1) is 28.4. The van der Waals surface area contributed by atoms with Crippen LogP contribution in [-0.4, -0.2) is 60.9 Å². The number of unbranched alkanes of at least 4 members (excludes halogenated alkanes) is 4. The molecule has 0 heterocycles. The van der Waals surface area contributed by atoms with Gasteiger partial charge in [-0.15, -0.1) is 0 Å². The smallest absolute Gasteiger partial charge is 0.322 e. The van der Waals surface area contributed by atoms with Crippen LogP contribution < -0.4 is 32.3 Å². The van der Waals surface area contributed by atoms with Gasteiger partial charge < -0.3 is 37.4 Å². The summed E-state index contributed by atoms with van der Waals surface area (Å²) in [5.41, 5.74) is 6.18. The fourth-order valence-electron chi connectivity index (χ4n) is 3.02. The highest BCUT2D eigenvalue weighted by Crippen LogP contribution is 2.20. The fourth-order valence-corrected chi connectivity index (χ4v) is 3.02. The number of carbonyl (C=O) groups excluding carboxylic acids is 3. The van der Waals surface area contributed by atoms with Crippen molar-refractivity contribution in [3.8, 4) is 0 Å². The number of benzene rings is 1. The van der Waals surface area contributed by atoms with Crippen molar-refractivity contribution >= 4 is 41.0 Å². The number of nitrogens with one attached hydrogen (secondary N) is 6. The zero-order chi connectivity index (χ0) is 25.5. The Morgan fingerprint density at radius 3 is 2.21 bits per heavy atom. The van der Waals surface area contributed by atoms with Crippen molar-refractivity contribution in [3.63, 3.8) is 0 Å². The Balaban J connectivity index is 2.75. The highest BCUT2D eigenvalue weighted by Gasteiger charge is 2.16. The van der Waals surface area contributed by atoms with Crippen molar-refractivity contribution < 1.29 is 24.3 Å². The molecule has 1 unspecified atom stereocenters. The first-order valence-electron chi connectivity index (χ1n) is 11.2. The van der Waals surface area contributed by atoms with Crippen molar-refractivity contribution in [1.82, 2.24) is 16.0 Å². The van der Waals surface area contributed by atoms with Crippen LogP contribution in [0.25, 0.3) is 0 Å². The molecular formula is C22H35N7O5. The number of carboxylic acid groups (broad SMARTS) is 1. The maximum Gasteiger partial charge on any atom is 0.322 e. The Hall–Kier alpha value is -3.67. The molecule has 9 N–H and O–H groups in total. The molecule has 12 heteroatoms. The Labute approximate surface area is 198 Å². The van der Waals surface area contributed by atoms with Gasteiger partial charge in [-0.25, -0.2) is 0 Å². The van der Waals surface area contributed by atoms with Crippen molar-refractivity contribution in [3.05, 3.63) is 23.8 Å². The molecule has 0 aliphatic rings. The Morgan fingerprint density at radius 1 is 0.971 bits per heavy atom. The minimum absolute atomic E-state index is 0.135. The number of likely N-dealkylation sites (N-methyl/N-ethyl adjacent to an activating group) is 1. The summed E-state index contributed by atoms with van der Waals surface area (Å²) in [4.78, 5) is 47.8. The molecule has 1 aromatic carbocycles. The van der Waals surface area contributed by atoms with E-state index in [0.717, 1.165) is 32.1 Å². The van der Waals surface area contributed by atoms with Crippen LogP contribution in [0.4, 0.5) is 11.4 Å². The summed E-state index contributed by atoms with van der Waals surface area (Å²) in [6.45, 7) is 1.60. The van der Waals surface area contributed by atoms with E-state index in [1.165, 1.54) is 19.2 Å².